The zero-order chi connectivity index (χ0) is 14.9. The summed E-state index contributed by atoms with van der Waals surface area (Å²) in [5.41, 5.74) is 5.92. The Labute approximate surface area is 124 Å². The second-order valence-corrected chi connectivity index (χ2v) is 7.04. The summed E-state index contributed by atoms with van der Waals surface area (Å²) in [6, 6.07) is 2.13. The van der Waals surface area contributed by atoms with Crippen molar-refractivity contribution < 1.29 is 12.8 Å². The Kier molecular flexibility index (Phi) is 4.11. The number of hydrogen-bond acceptors (Lipinski definition) is 4. The number of H-pyrrole nitrogens is 1. The molecule has 2 rings (SSSR count). The highest BCUT2D eigenvalue weighted by Gasteiger charge is 2.25. The fourth-order valence-electron chi connectivity index (χ4n) is 1.62. The van der Waals surface area contributed by atoms with E-state index in [-0.39, 0.29) is 21.6 Å². The number of benzene rings is 1. The molecule has 0 saturated carbocycles. The average molecular weight is 363 g/mol. The highest BCUT2D eigenvalue weighted by atomic mass is 79.9. The van der Waals surface area contributed by atoms with E-state index < -0.39 is 15.8 Å². The number of aromatic amines is 1. The van der Waals surface area contributed by atoms with Crippen molar-refractivity contribution >= 4 is 31.6 Å². The van der Waals surface area contributed by atoms with E-state index in [1.807, 2.05) is 0 Å². The number of anilines is 1. The van der Waals surface area contributed by atoms with E-state index in [2.05, 4.69) is 26.1 Å². The lowest BCUT2D eigenvalue weighted by Gasteiger charge is -2.17. The van der Waals surface area contributed by atoms with E-state index in [4.69, 9.17) is 5.73 Å². The third-order valence-electron chi connectivity index (χ3n) is 2.70. The number of hydrogen-bond donors (Lipinski definition) is 2. The summed E-state index contributed by atoms with van der Waals surface area (Å²) in [6.45, 7) is 0.141. The van der Waals surface area contributed by atoms with Crippen LogP contribution in [0.3, 0.4) is 0 Å². The van der Waals surface area contributed by atoms with Crippen molar-refractivity contribution in [3.8, 4) is 0 Å². The quantitative estimate of drug-likeness (QED) is 0.809. The lowest BCUT2D eigenvalue weighted by atomic mass is 10.3. The van der Waals surface area contributed by atoms with Gasteiger partial charge in [0.05, 0.1) is 16.8 Å². The number of nitrogens with two attached hydrogens (primary N) is 1. The second-order valence-electron chi connectivity index (χ2n) is 4.17. The molecule has 9 heteroatoms. The molecule has 1 aromatic carbocycles. The van der Waals surface area contributed by atoms with Crippen molar-refractivity contribution in [3.05, 3.63) is 40.4 Å². The first kappa shape index (κ1) is 14.9. The molecule has 0 aliphatic carbocycles. The van der Waals surface area contributed by atoms with Crippen molar-refractivity contribution in [1.29, 1.82) is 0 Å². The van der Waals surface area contributed by atoms with Crippen LogP contribution in [0.25, 0.3) is 0 Å². The second kappa shape index (κ2) is 5.51. The Hall–Kier alpha value is -1.45. The van der Waals surface area contributed by atoms with E-state index in [1.165, 1.54) is 13.2 Å². The molecule has 6 nitrogen and oxygen atoms in total. The molecule has 0 aliphatic heterocycles. The van der Waals surface area contributed by atoms with Crippen LogP contribution in [0, 0.1) is 5.82 Å². The third kappa shape index (κ3) is 2.84. The molecule has 1 heterocycles. The molecule has 0 bridgehead atoms. The minimum absolute atomic E-state index is 0.0811. The van der Waals surface area contributed by atoms with Gasteiger partial charge in [0, 0.05) is 29.8 Å². The van der Waals surface area contributed by atoms with Crippen LogP contribution in [-0.4, -0.2) is 30.0 Å². The summed E-state index contributed by atoms with van der Waals surface area (Å²) < 4.78 is 39.4. The maximum absolute atomic E-state index is 13.3. The Bertz CT molecular complexity index is 718. The highest BCUT2D eigenvalue weighted by molar-refractivity contribution is 9.10. The van der Waals surface area contributed by atoms with Gasteiger partial charge in [-0.15, -0.1) is 0 Å². The van der Waals surface area contributed by atoms with Gasteiger partial charge in [0.2, 0.25) is 10.0 Å². The molecule has 2 aromatic rings. The predicted octanol–water partition coefficient (Wildman–Crippen LogP) is 1.71. The van der Waals surface area contributed by atoms with Crippen LogP contribution in [0.4, 0.5) is 10.1 Å². The monoisotopic (exact) mass is 362 g/mol. The summed E-state index contributed by atoms with van der Waals surface area (Å²) in [4.78, 5) is -0.0811. The van der Waals surface area contributed by atoms with E-state index in [9.17, 15) is 12.8 Å². The summed E-state index contributed by atoms with van der Waals surface area (Å²) >= 11 is 3.04. The van der Waals surface area contributed by atoms with Crippen molar-refractivity contribution in [2.75, 3.05) is 12.8 Å². The van der Waals surface area contributed by atoms with Crippen molar-refractivity contribution in [2.24, 2.45) is 0 Å². The minimum Gasteiger partial charge on any atom is -0.396 e. The fourth-order valence-corrected chi connectivity index (χ4v) is 3.78. The molecule has 0 amide bonds. The molecule has 20 heavy (non-hydrogen) atoms. The molecule has 0 aliphatic rings. The van der Waals surface area contributed by atoms with Crippen LogP contribution < -0.4 is 5.73 Å². The molecule has 3 N–H and O–H groups in total. The number of sulfonamides is 1. The van der Waals surface area contributed by atoms with E-state index in [1.54, 1.807) is 6.20 Å². The number of halogens is 2. The van der Waals surface area contributed by atoms with Gasteiger partial charge in [-0.1, -0.05) is 0 Å². The Morgan fingerprint density at radius 3 is 2.80 bits per heavy atom. The van der Waals surface area contributed by atoms with Gasteiger partial charge < -0.3 is 5.73 Å². The van der Waals surface area contributed by atoms with Crippen LogP contribution in [0.1, 0.15) is 5.56 Å². The van der Waals surface area contributed by atoms with Crippen LogP contribution >= 0.6 is 15.9 Å². The molecule has 0 saturated heterocycles. The number of aromatic nitrogens is 2. The number of nitrogen functional groups attached to an aromatic ring is 1. The zero-order valence-electron chi connectivity index (χ0n) is 10.5. The molecule has 0 atom stereocenters. The van der Waals surface area contributed by atoms with Gasteiger partial charge in [-0.2, -0.15) is 9.40 Å². The maximum atomic E-state index is 13.3. The van der Waals surface area contributed by atoms with Gasteiger partial charge in [-0.05, 0) is 28.1 Å². The van der Waals surface area contributed by atoms with E-state index >= 15 is 0 Å². The van der Waals surface area contributed by atoms with Gasteiger partial charge in [0.1, 0.15) is 5.82 Å². The summed E-state index contributed by atoms with van der Waals surface area (Å²) in [7, 11) is -2.36. The SMILES string of the molecule is CN(Cc1cn[nH]c1)S(=O)(=O)c1cc(N)c(F)cc1Br. The smallest absolute Gasteiger partial charge is 0.244 e. The molecule has 0 unspecified atom stereocenters. The normalized spacial score (nSPS) is 12.0. The van der Waals surface area contributed by atoms with Crippen molar-refractivity contribution in [3.63, 3.8) is 0 Å². The lowest BCUT2D eigenvalue weighted by molar-refractivity contribution is 0.466. The first-order valence-electron chi connectivity index (χ1n) is 5.51. The average Bonchev–Trinajstić information content (AvgIpc) is 2.86. The number of nitrogens with one attached hydrogen (secondary N) is 1. The number of rotatable bonds is 4. The van der Waals surface area contributed by atoms with Crippen LogP contribution in [0.2, 0.25) is 0 Å². The van der Waals surface area contributed by atoms with Gasteiger partial charge >= 0.3 is 0 Å². The topological polar surface area (TPSA) is 92.1 Å². The molecule has 1 aromatic heterocycles. The predicted molar refractivity (Wildman–Crippen MR) is 75.8 cm³/mol. The van der Waals surface area contributed by atoms with Gasteiger partial charge in [-0.25, -0.2) is 12.8 Å². The highest BCUT2D eigenvalue weighted by Crippen LogP contribution is 2.29. The van der Waals surface area contributed by atoms with Crippen LogP contribution in [0.5, 0.6) is 0 Å². The Balaban J connectivity index is 2.37. The van der Waals surface area contributed by atoms with Gasteiger partial charge in [-0.3, -0.25) is 5.10 Å². The standard InChI is InChI=1S/C11H12BrFN4O2S/c1-17(6-7-4-15-16-5-7)20(18,19)11-3-10(14)9(13)2-8(11)12/h2-5H,6,14H2,1H3,(H,15,16). The molecular formula is C11H12BrFN4O2S. The van der Waals surface area contributed by atoms with E-state index in [0.29, 0.717) is 5.56 Å². The summed E-state index contributed by atoms with van der Waals surface area (Å²) in [5.74, 6) is -0.673. The Morgan fingerprint density at radius 2 is 2.20 bits per heavy atom. The van der Waals surface area contributed by atoms with Gasteiger partial charge in [0.25, 0.3) is 0 Å². The molecule has 0 radical (unpaired) electrons. The van der Waals surface area contributed by atoms with Crippen LogP contribution in [0.15, 0.2) is 33.9 Å². The number of nitrogens with zero attached hydrogens (tertiary/aromatic N) is 2. The largest absolute Gasteiger partial charge is 0.396 e. The first-order valence-corrected chi connectivity index (χ1v) is 7.74. The molecular weight excluding hydrogens is 351 g/mol. The molecule has 108 valence electrons. The minimum atomic E-state index is -3.79. The zero-order valence-corrected chi connectivity index (χ0v) is 12.9. The lowest BCUT2D eigenvalue weighted by Crippen LogP contribution is -2.26. The van der Waals surface area contributed by atoms with Crippen molar-refractivity contribution in [1.82, 2.24) is 14.5 Å². The van der Waals surface area contributed by atoms with Gasteiger partial charge in [0.15, 0.2) is 0 Å². The van der Waals surface area contributed by atoms with E-state index in [0.717, 1.165) is 16.4 Å². The third-order valence-corrected chi connectivity index (χ3v) is 5.46. The summed E-state index contributed by atoms with van der Waals surface area (Å²) in [6.07, 6.45) is 3.13. The van der Waals surface area contributed by atoms with Crippen LogP contribution in [-0.2, 0) is 16.6 Å². The molecule has 0 spiro atoms. The summed E-state index contributed by atoms with van der Waals surface area (Å²) in [5, 5.41) is 6.35. The van der Waals surface area contributed by atoms with Crippen molar-refractivity contribution in [2.45, 2.75) is 11.4 Å². The Morgan fingerprint density at radius 1 is 1.50 bits per heavy atom. The fraction of sp³-hybridized carbons (Fsp3) is 0.182. The molecule has 0 fully saturated rings. The maximum Gasteiger partial charge on any atom is 0.244 e. The first-order chi connectivity index (χ1) is 9.32.